The van der Waals surface area contributed by atoms with Crippen molar-refractivity contribution < 1.29 is 4.57 Å². The van der Waals surface area contributed by atoms with Gasteiger partial charge in [-0.15, -0.1) is 0 Å². The monoisotopic (exact) mass is 161 g/mol. The van der Waals surface area contributed by atoms with Crippen LogP contribution in [-0.2, 0) is 6.54 Å². The molecule has 0 aromatic carbocycles. The van der Waals surface area contributed by atoms with Crippen LogP contribution in [0.15, 0.2) is 12.1 Å². The van der Waals surface area contributed by atoms with Crippen molar-refractivity contribution in [3.05, 3.63) is 29.1 Å². The molecule has 0 radical (unpaired) electrons. The van der Waals surface area contributed by atoms with Crippen LogP contribution in [0.4, 0.5) is 0 Å². The van der Waals surface area contributed by atoms with Gasteiger partial charge in [0.15, 0.2) is 11.4 Å². The molecule has 2 heteroatoms. The van der Waals surface area contributed by atoms with Crippen LogP contribution in [0.2, 0.25) is 0 Å². The van der Waals surface area contributed by atoms with Gasteiger partial charge < -0.3 is 0 Å². The smallest absolute Gasteiger partial charge is 0.179 e. The van der Waals surface area contributed by atoms with Gasteiger partial charge in [-0.05, 0) is 6.92 Å². The summed E-state index contributed by atoms with van der Waals surface area (Å²) in [7, 11) is 0. The Labute approximate surface area is 73.1 Å². The van der Waals surface area contributed by atoms with Crippen molar-refractivity contribution in [1.82, 2.24) is 0 Å². The van der Waals surface area contributed by atoms with Gasteiger partial charge in [0.25, 0.3) is 0 Å². The molecule has 2 nitrogen and oxygen atoms in total. The van der Waals surface area contributed by atoms with Crippen LogP contribution in [0.1, 0.15) is 23.9 Å². The molecular weight excluding hydrogens is 148 g/mol. The van der Waals surface area contributed by atoms with Crippen molar-refractivity contribution in [3.63, 3.8) is 0 Å². The van der Waals surface area contributed by atoms with Crippen LogP contribution in [-0.4, -0.2) is 0 Å². The predicted molar refractivity (Wildman–Crippen MR) is 46.5 cm³/mol. The normalized spacial score (nSPS) is 9.50. The topological polar surface area (TPSA) is 27.7 Å². The molecule has 0 fully saturated rings. The number of aromatic nitrogens is 1. The van der Waals surface area contributed by atoms with Gasteiger partial charge in [-0.25, -0.2) is 4.57 Å². The van der Waals surface area contributed by atoms with Crippen LogP contribution < -0.4 is 4.57 Å². The highest BCUT2D eigenvalue weighted by Crippen LogP contribution is 2.01. The number of nitrogens with zero attached hydrogens (tertiary/aromatic N) is 2. The first-order chi connectivity index (χ1) is 5.69. The van der Waals surface area contributed by atoms with E-state index in [9.17, 15) is 0 Å². The zero-order valence-electron chi connectivity index (χ0n) is 7.76. The third-order valence-electron chi connectivity index (χ3n) is 2.03. The van der Waals surface area contributed by atoms with Crippen LogP contribution in [0.5, 0.6) is 0 Å². The molecular formula is C10H13N2+. The number of rotatable bonds is 1. The van der Waals surface area contributed by atoms with Crippen molar-refractivity contribution in [2.24, 2.45) is 0 Å². The molecule has 0 aliphatic carbocycles. The van der Waals surface area contributed by atoms with Crippen LogP contribution in [0, 0.1) is 25.2 Å². The number of nitriles is 1. The summed E-state index contributed by atoms with van der Waals surface area (Å²) in [5.74, 6) is 0. The van der Waals surface area contributed by atoms with Crippen molar-refractivity contribution in [2.45, 2.75) is 27.3 Å². The third kappa shape index (κ3) is 1.45. The molecule has 0 saturated heterocycles. The van der Waals surface area contributed by atoms with E-state index in [2.05, 4.69) is 17.6 Å². The SMILES string of the molecule is CC[n+]1c(C)cc(C#N)cc1C. The first kappa shape index (κ1) is 8.73. The highest BCUT2D eigenvalue weighted by Gasteiger charge is 2.09. The summed E-state index contributed by atoms with van der Waals surface area (Å²) in [5.41, 5.74) is 3.04. The van der Waals surface area contributed by atoms with Gasteiger partial charge >= 0.3 is 0 Å². The zero-order chi connectivity index (χ0) is 9.14. The molecule has 1 aromatic rings. The third-order valence-corrected chi connectivity index (χ3v) is 2.03. The molecule has 1 aromatic heterocycles. The van der Waals surface area contributed by atoms with Crippen molar-refractivity contribution in [2.75, 3.05) is 0 Å². The maximum Gasteiger partial charge on any atom is 0.179 e. The summed E-state index contributed by atoms with van der Waals surface area (Å²) in [6, 6.07) is 5.97. The van der Waals surface area contributed by atoms with E-state index in [1.54, 1.807) is 0 Å². The van der Waals surface area contributed by atoms with Gasteiger partial charge in [0.1, 0.15) is 6.54 Å². The Morgan fingerprint density at radius 1 is 1.33 bits per heavy atom. The fraction of sp³-hybridized carbons (Fsp3) is 0.400. The number of aryl methyl sites for hydroxylation is 2. The highest BCUT2D eigenvalue weighted by atomic mass is 15.0. The van der Waals surface area contributed by atoms with E-state index < -0.39 is 0 Å². The fourth-order valence-electron chi connectivity index (χ4n) is 1.49. The second kappa shape index (κ2) is 3.36. The lowest BCUT2D eigenvalue weighted by molar-refractivity contribution is -0.705. The van der Waals surface area contributed by atoms with Crippen LogP contribution in [0.25, 0.3) is 0 Å². The second-order valence-electron chi connectivity index (χ2n) is 2.88. The molecule has 1 rings (SSSR count). The Kier molecular flexibility index (Phi) is 2.44. The first-order valence-corrected chi connectivity index (χ1v) is 4.10. The van der Waals surface area contributed by atoms with Gasteiger partial charge in [-0.2, -0.15) is 5.26 Å². The van der Waals surface area contributed by atoms with E-state index >= 15 is 0 Å². The zero-order valence-corrected chi connectivity index (χ0v) is 7.76. The quantitative estimate of drug-likeness (QED) is 0.573. The maximum atomic E-state index is 8.69. The minimum absolute atomic E-state index is 0.745. The van der Waals surface area contributed by atoms with Gasteiger partial charge in [0, 0.05) is 26.0 Å². The van der Waals surface area contributed by atoms with Crippen molar-refractivity contribution >= 4 is 0 Å². The molecule has 0 bridgehead atoms. The second-order valence-corrected chi connectivity index (χ2v) is 2.88. The molecule has 0 unspecified atom stereocenters. The maximum absolute atomic E-state index is 8.69. The van der Waals surface area contributed by atoms with Crippen molar-refractivity contribution in [3.8, 4) is 6.07 Å². The molecule has 0 aliphatic heterocycles. The Bertz CT molecular complexity index is 311. The molecule has 0 aliphatic rings. The van der Waals surface area contributed by atoms with Gasteiger partial charge in [0.05, 0.1) is 11.6 Å². The lowest BCUT2D eigenvalue weighted by Gasteiger charge is -2.00. The van der Waals surface area contributed by atoms with E-state index in [1.165, 1.54) is 0 Å². The summed E-state index contributed by atoms with van der Waals surface area (Å²) in [6.07, 6.45) is 0. The number of pyridine rings is 1. The number of hydrogen-bond acceptors (Lipinski definition) is 1. The lowest BCUT2D eigenvalue weighted by atomic mass is 10.2. The van der Waals surface area contributed by atoms with Crippen LogP contribution in [0.3, 0.4) is 0 Å². The average Bonchev–Trinajstić information content (AvgIpc) is 2.03. The highest BCUT2D eigenvalue weighted by molar-refractivity contribution is 5.28. The van der Waals surface area contributed by atoms with E-state index in [0.29, 0.717) is 0 Å². The summed E-state index contributed by atoms with van der Waals surface area (Å²) >= 11 is 0. The van der Waals surface area contributed by atoms with Gasteiger partial charge in [0.2, 0.25) is 0 Å². The molecule has 62 valence electrons. The van der Waals surface area contributed by atoms with Crippen LogP contribution >= 0.6 is 0 Å². The fourth-order valence-corrected chi connectivity index (χ4v) is 1.49. The Morgan fingerprint density at radius 2 is 1.83 bits per heavy atom. The molecule has 0 N–H and O–H groups in total. The molecule has 0 saturated carbocycles. The van der Waals surface area contributed by atoms with Gasteiger partial charge in [-0.3, -0.25) is 0 Å². The molecule has 0 spiro atoms. The van der Waals surface area contributed by atoms with E-state index in [4.69, 9.17) is 5.26 Å². The largest absolute Gasteiger partial charge is 0.201 e. The standard InChI is InChI=1S/C10H13N2/c1-4-12-8(2)5-10(7-11)6-9(12)3/h5-6H,4H2,1-3H3/q+1. The minimum atomic E-state index is 0.745. The predicted octanol–water partition coefficient (Wildman–Crippen LogP) is 1.48. The van der Waals surface area contributed by atoms with E-state index in [-0.39, 0.29) is 0 Å². The van der Waals surface area contributed by atoms with Gasteiger partial charge in [-0.1, -0.05) is 0 Å². The summed E-state index contributed by atoms with van der Waals surface area (Å²) in [5, 5.41) is 8.69. The molecule has 0 atom stereocenters. The Hall–Kier alpha value is -1.36. The average molecular weight is 161 g/mol. The van der Waals surface area contributed by atoms with E-state index in [0.717, 1.165) is 23.5 Å². The summed E-state index contributed by atoms with van der Waals surface area (Å²) in [4.78, 5) is 0. The molecule has 12 heavy (non-hydrogen) atoms. The molecule has 1 heterocycles. The first-order valence-electron chi connectivity index (χ1n) is 4.10. The lowest BCUT2D eigenvalue weighted by Crippen LogP contribution is -2.39. The summed E-state index contributed by atoms with van der Waals surface area (Å²) in [6.45, 7) is 7.12. The molecule has 0 amide bonds. The van der Waals surface area contributed by atoms with E-state index in [1.807, 2.05) is 26.0 Å². The summed E-state index contributed by atoms with van der Waals surface area (Å²) < 4.78 is 2.18. The number of hydrogen-bond donors (Lipinski definition) is 0. The minimum Gasteiger partial charge on any atom is -0.201 e. The Balaban J connectivity index is 3.30. The Morgan fingerprint density at radius 3 is 2.17 bits per heavy atom. The van der Waals surface area contributed by atoms with Crippen molar-refractivity contribution in [1.29, 1.82) is 5.26 Å².